The van der Waals surface area contributed by atoms with Gasteiger partial charge in [-0.15, -0.1) is 0 Å². The average molecular weight is 352 g/mol. The minimum absolute atomic E-state index is 0.00646. The maximum absolute atomic E-state index is 13.9. The summed E-state index contributed by atoms with van der Waals surface area (Å²) in [5.41, 5.74) is 0.305. The Morgan fingerprint density at radius 1 is 1.12 bits per heavy atom. The Hall–Kier alpha value is -2.02. The molecular weight excluding hydrogens is 330 g/mol. The highest BCUT2D eigenvalue weighted by molar-refractivity contribution is 5.81. The van der Waals surface area contributed by atoms with Crippen molar-refractivity contribution in [3.8, 4) is 0 Å². The molecular formula is C18H22F2N2O3. The summed E-state index contributed by atoms with van der Waals surface area (Å²) >= 11 is 0. The van der Waals surface area contributed by atoms with Crippen LogP contribution in [-0.4, -0.2) is 53.0 Å². The Bertz CT molecular complexity index is 662. The SMILES string of the molecule is O=C(O)[C@H]1C[C@@H](C(=O)N2CCCC2)CN(Cc2ccc(F)cc2F)C1. The van der Waals surface area contributed by atoms with Gasteiger partial charge in [0.1, 0.15) is 11.6 Å². The molecule has 0 unspecified atom stereocenters. The van der Waals surface area contributed by atoms with Crippen molar-refractivity contribution in [1.82, 2.24) is 9.80 Å². The van der Waals surface area contributed by atoms with Crippen molar-refractivity contribution < 1.29 is 23.5 Å². The zero-order valence-corrected chi connectivity index (χ0v) is 14.0. The molecule has 25 heavy (non-hydrogen) atoms. The van der Waals surface area contributed by atoms with Gasteiger partial charge in [-0.25, -0.2) is 8.78 Å². The van der Waals surface area contributed by atoms with Crippen LogP contribution in [0.25, 0.3) is 0 Å². The lowest BCUT2D eigenvalue weighted by molar-refractivity contribution is -0.147. The number of piperidine rings is 1. The van der Waals surface area contributed by atoms with Gasteiger partial charge in [-0.3, -0.25) is 14.5 Å². The Morgan fingerprint density at radius 3 is 2.44 bits per heavy atom. The number of carboxylic acids is 1. The number of carbonyl (C=O) groups excluding carboxylic acids is 1. The van der Waals surface area contributed by atoms with Gasteiger partial charge in [0.25, 0.3) is 0 Å². The first kappa shape index (κ1) is 17.8. The number of likely N-dealkylation sites (tertiary alicyclic amines) is 2. The van der Waals surface area contributed by atoms with Crippen LogP contribution in [0.3, 0.4) is 0 Å². The summed E-state index contributed by atoms with van der Waals surface area (Å²) in [5.74, 6) is -3.30. The normalized spacial score (nSPS) is 24.5. The molecule has 2 aliphatic heterocycles. The zero-order valence-electron chi connectivity index (χ0n) is 14.0. The molecule has 0 bridgehead atoms. The molecule has 2 saturated heterocycles. The third kappa shape index (κ3) is 4.15. The number of hydrogen-bond donors (Lipinski definition) is 1. The molecule has 0 radical (unpaired) electrons. The molecule has 136 valence electrons. The lowest BCUT2D eigenvalue weighted by atomic mass is 9.88. The minimum atomic E-state index is -0.941. The first-order chi connectivity index (χ1) is 11.9. The lowest BCUT2D eigenvalue weighted by Gasteiger charge is -2.37. The van der Waals surface area contributed by atoms with E-state index < -0.39 is 29.4 Å². The van der Waals surface area contributed by atoms with Gasteiger partial charge in [-0.2, -0.15) is 0 Å². The molecule has 1 amide bonds. The quantitative estimate of drug-likeness (QED) is 0.902. The van der Waals surface area contributed by atoms with E-state index in [1.807, 2.05) is 0 Å². The topological polar surface area (TPSA) is 60.9 Å². The van der Waals surface area contributed by atoms with Crippen LogP contribution in [0.2, 0.25) is 0 Å². The summed E-state index contributed by atoms with van der Waals surface area (Å²) in [6, 6.07) is 3.37. The summed E-state index contributed by atoms with van der Waals surface area (Å²) in [5, 5.41) is 9.40. The van der Waals surface area contributed by atoms with Crippen LogP contribution in [0, 0.1) is 23.5 Å². The number of carboxylic acid groups (broad SMARTS) is 1. The third-order valence-electron chi connectivity index (χ3n) is 5.05. The molecule has 2 aliphatic rings. The van der Waals surface area contributed by atoms with Crippen molar-refractivity contribution in [3.63, 3.8) is 0 Å². The number of amides is 1. The van der Waals surface area contributed by atoms with E-state index in [4.69, 9.17) is 0 Å². The molecule has 0 aromatic heterocycles. The zero-order chi connectivity index (χ0) is 18.0. The highest BCUT2D eigenvalue weighted by atomic mass is 19.1. The number of hydrogen-bond acceptors (Lipinski definition) is 3. The van der Waals surface area contributed by atoms with E-state index in [1.165, 1.54) is 12.1 Å². The number of aliphatic carboxylic acids is 1. The molecule has 0 spiro atoms. The second kappa shape index (κ2) is 7.47. The van der Waals surface area contributed by atoms with Crippen LogP contribution in [-0.2, 0) is 16.1 Å². The van der Waals surface area contributed by atoms with Gasteiger partial charge in [0.15, 0.2) is 0 Å². The molecule has 0 aliphatic carbocycles. The van der Waals surface area contributed by atoms with Crippen molar-refractivity contribution in [2.75, 3.05) is 26.2 Å². The number of halogens is 2. The van der Waals surface area contributed by atoms with Crippen LogP contribution in [0.4, 0.5) is 8.78 Å². The monoisotopic (exact) mass is 352 g/mol. The summed E-state index contributed by atoms with van der Waals surface area (Å²) in [6.07, 6.45) is 2.27. The minimum Gasteiger partial charge on any atom is -0.481 e. The first-order valence-electron chi connectivity index (χ1n) is 8.62. The standard InChI is InChI=1S/C18H22F2N2O3/c19-15-4-3-12(16(20)8-15)9-21-10-13(7-14(11-21)18(24)25)17(23)22-5-1-2-6-22/h3-4,8,13-14H,1-2,5-7,9-11H2,(H,24,25)/t13-,14+/m1/s1. The Labute approximate surface area is 145 Å². The number of benzene rings is 1. The fourth-order valence-electron chi connectivity index (χ4n) is 3.76. The summed E-state index contributed by atoms with van der Waals surface area (Å²) < 4.78 is 27.0. The van der Waals surface area contributed by atoms with E-state index in [0.29, 0.717) is 18.5 Å². The summed E-state index contributed by atoms with van der Waals surface area (Å²) in [6.45, 7) is 2.27. The van der Waals surface area contributed by atoms with Crippen LogP contribution >= 0.6 is 0 Å². The van der Waals surface area contributed by atoms with Gasteiger partial charge in [0, 0.05) is 44.4 Å². The highest BCUT2D eigenvalue weighted by Crippen LogP contribution is 2.27. The molecule has 7 heteroatoms. The molecule has 0 saturated carbocycles. The van der Waals surface area contributed by atoms with Crippen LogP contribution in [0.15, 0.2) is 18.2 Å². The van der Waals surface area contributed by atoms with E-state index in [-0.39, 0.29) is 19.0 Å². The van der Waals surface area contributed by atoms with E-state index in [2.05, 4.69) is 0 Å². The van der Waals surface area contributed by atoms with Gasteiger partial charge in [-0.05, 0) is 25.3 Å². The fourth-order valence-corrected chi connectivity index (χ4v) is 3.76. The van der Waals surface area contributed by atoms with E-state index in [9.17, 15) is 23.5 Å². The molecule has 2 atom stereocenters. The average Bonchev–Trinajstić information content (AvgIpc) is 3.11. The number of rotatable bonds is 4. The molecule has 2 heterocycles. The van der Waals surface area contributed by atoms with Crippen molar-refractivity contribution in [2.24, 2.45) is 11.8 Å². The Balaban J connectivity index is 1.73. The number of carbonyl (C=O) groups is 2. The second-order valence-corrected chi connectivity index (χ2v) is 6.93. The molecule has 1 aromatic carbocycles. The molecule has 2 fully saturated rings. The van der Waals surface area contributed by atoms with Crippen molar-refractivity contribution in [2.45, 2.75) is 25.8 Å². The van der Waals surface area contributed by atoms with Gasteiger partial charge in [0.05, 0.1) is 11.8 Å². The fraction of sp³-hybridized carbons (Fsp3) is 0.556. The van der Waals surface area contributed by atoms with Crippen LogP contribution in [0.1, 0.15) is 24.8 Å². The summed E-state index contributed by atoms with van der Waals surface area (Å²) in [7, 11) is 0. The van der Waals surface area contributed by atoms with E-state index in [1.54, 1.807) is 9.80 Å². The molecule has 1 aromatic rings. The van der Waals surface area contributed by atoms with E-state index >= 15 is 0 Å². The van der Waals surface area contributed by atoms with Gasteiger partial charge in [-0.1, -0.05) is 6.07 Å². The largest absolute Gasteiger partial charge is 0.481 e. The lowest BCUT2D eigenvalue weighted by Crippen LogP contribution is -2.48. The first-order valence-corrected chi connectivity index (χ1v) is 8.62. The molecule has 3 rings (SSSR count). The van der Waals surface area contributed by atoms with Crippen molar-refractivity contribution >= 4 is 11.9 Å². The van der Waals surface area contributed by atoms with Crippen molar-refractivity contribution in [1.29, 1.82) is 0 Å². The van der Waals surface area contributed by atoms with Gasteiger partial charge < -0.3 is 10.0 Å². The van der Waals surface area contributed by atoms with Crippen molar-refractivity contribution in [3.05, 3.63) is 35.4 Å². The Morgan fingerprint density at radius 2 is 1.80 bits per heavy atom. The maximum atomic E-state index is 13.9. The highest BCUT2D eigenvalue weighted by Gasteiger charge is 2.37. The van der Waals surface area contributed by atoms with Gasteiger partial charge >= 0.3 is 5.97 Å². The molecule has 1 N–H and O–H groups in total. The van der Waals surface area contributed by atoms with Crippen LogP contribution in [0.5, 0.6) is 0 Å². The smallest absolute Gasteiger partial charge is 0.307 e. The summed E-state index contributed by atoms with van der Waals surface area (Å²) in [4.78, 5) is 27.7. The predicted molar refractivity (Wildman–Crippen MR) is 86.7 cm³/mol. The third-order valence-corrected chi connectivity index (χ3v) is 5.05. The van der Waals surface area contributed by atoms with Crippen LogP contribution < -0.4 is 0 Å². The second-order valence-electron chi connectivity index (χ2n) is 6.93. The Kier molecular flexibility index (Phi) is 5.32. The molecule has 5 nitrogen and oxygen atoms in total. The van der Waals surface area contributed by atoms with Gasteiger partial charge in [0.2, 0.25) is 5.91 Å². The number of nitrogens with zero attached hydrogens (tertiary/aromatic N) is 2. The maximum Gasteiger partial charge on any atom is 0.307 e. The predicted octanol–water partition coefficient (Wildman–Crippen LogP) is 2.11. The van der Waals surface area contributed by atoms with E-state index in [0.717, 1.165) is 32.0 Å².